The van der Waals surface area contributed by atoms with E-state index in [0.29, 0.717) is 5.76 Å². The fourth-order valence-electron chi connectivity index (χ4n) is 1.83. The molecule has 25 heavy (non-hydrogen) atoms. The normalized spacial score (nSPS) is 12.0. The predicted octanol–water partition coefficient (Wildman–Crippen LogP) is 0.553. The lowest BCUT2D eigenvalue weighted by Crippen LogP contribution is -2.22. The number of rotatable bonds is 6. The van der Waals surface area contributed by atoms with E-state index in [0.717, 1.165) is 12.1 Å². The molecule has 13 heteroatoms. The van der Waals surface area contributed by atoms with Gasteiger partial charge in [0.2, 0.25) is 10.0 Å². The Balaban J connectivity index is 2.48. The zero-order chi connectivity index (χ0) is 18.8. The minimum Gasteiger partial charge on any atom is -0.467 e. The zero-order valence-electron chi connectivity index (χ0n) is 12.3. The molecule has 0 saturated carbocycles. The molecule has 0 atom stereocenters. The monoisotopic (exact) mass is 409 g/mol. The average Bonchev–Trinajstić information content (AvgIpc) is 2.94. The summed E-state index contributed by atoms with van der Waals surface area (Å²) in [6.45, 7) is 0.0910. The Bertz CT molecular complexity index is 1000. The quantitative estimate of drug-likeness (QED) is 0.620. The third kappa shape index (κ3) is 5.17. The van der Waals surface area contributed by atoms with Crippen molar-refractivity contribution < 1.29 is 30.2 Å². The molecule has 0 radical (unpaired) electrons. The van der Waals surface area contributed by atoms with E-state index >= 15 is 0 Å². The standard InChI is InChI=1S/C12H12ClN3O7S2/c13-9-5-10(16-6-7-2-1-3-22-7)8(4-11(9)24(14,18)19)12(17)23-25(15,20)21/h1-5,16H,6H2,(H2,14,18,19)(H2,15,20,21). The van der Waals surface area contributed by atoms with Crippen molar-refractivity contribution in [3.05, 3.63) is 46.9 Å². The first kappa shape index (κ1) is 19.2. The van der Waals surface area contributed by atoms with E-state index in [4.69, 9.17) is 21.2 Å². The topological polar surface area (TPSA) is 172 Å². The Kier molecular flexibility index (Phi) is 5.39. The van der Waals surface area contributed by atoms with Gasteiger partial charge in [-0.1, -0.05) is 11.6 Å². The van der Waals surface area contributed by atoms with Crippen LogP contribution in [0.5, 0.6) is 0 Å². The molecule has 1 aromatic carbocycles. The van der Waals surface area contributed by atoms with Crippen LogP contribution in [0.3, 0.4) is 0 Å². The van der Waals surface area contributed by atoms with Crippen LogP contribution in [0.25, 0.3) is 0 Å². The number of halogens is 1. The van der Waals surface area contributed by atoms with Crippen molar-refractivity contribution in [2.45, 2.75) is 11.4 Å². The van der Waals surface area contributed by atoms with Gasteiger partial charge in [0.1, 0.15) is 10.7 Å². The number of sulfonamides is 1. The molecule has 1 heterocycles. The summed E-state index contributed by atoms with van der Waals surface area (Å²) < 4.78 is 54.1. The molecular formula is C12H12ClN3O7S2. The number of hydrogen-bond acceptors (Lipinski definition) is 8. The fourth-order valence-corrected chi connectivity index (χ4v) is 3.23. The number of nitrogens with one attached hydrogen (secondary N) is 1. The Morgan fingerprint density at radius 1 is 1.24 bits per heavy atom. The van der Waals surface area contributed by atoms with Crippen molar-refractivity contribution in [1.29, 1.82) is 0 Å². The van der Waals surface area contributed by atoms with E-state index in [-0.39, 0.29) is 17.3 Å². The summed E-state index contributed by atoms with van der Waals surface area (Å²) in [6, 6.07) is 5.14. The van der Waals surface area contributed by atoms with Gasteiger partial charge in [-0.15, -0.1) is 0 Å². The SMILES string of the molecule is NS(=O)(=O)OC(=O)c1cc(S(N)(=O)=O)c(Cl)cc1NCc1ccco1. The second kappa shape index (κ2) is 7.01. The number of primary sulfonamides is 1. The molecule has 136 valence electrons. The first-order valence-electron chi connectivity index (χ1n) is 6.36. The lowest BCUT2D eigenvalue weighted by molar-refractivity contribution is 0.0747. The summed E-state index contributed by atoms with van der Waals surface area (Å²) in [7, 11) is -8.89. The number of carbonyl (C=O) groups is 1. The first-order chi connectivity index (χ1) is 11.5. The summed E-state index contributed by atoms with van der Waals surface area (Å²) >= 11 is 5.87. The average molecular weight is 410 g/mol. The molecular weight excluding hydrogens is 398 g/mol. The fraction of sp³-hybridized carbons (Fsp3) is 0.0833. The van der Waals surface area contributed by atoms with Crippen molar-refractivity contribution in [2.24, 2.45) is 10.3 Å². The van der Waals surface area contributed by atoms with E-state index in [1.54, 1.807) is 12.1 Å². The van der Waals surface area contributed by atoms with Gasteiger partial charge in [0.05, 0.1) is 29.1 Å². The molecule has 1 aromatic heterocycles. The molecule has 5 N–H and O–H groups in total. The number of furan rings is 1. The molecule has 0 spiro atoms. The predicted molar refractivity (Wildman–Crippen MR) is 87.4 cm³/mol. The Labute approximate surface area is 148 Å². The first-order valence-corrected chi connectivity index (χ1v) is 9.76. The Morgan fingerprint density at radius 2 is 1.92 bits per heavy atom. The van der Waals surface area contributed by atoms with Gasteiger partial charge in [0.15, 0.2) is 0 Å². The van der Waals surface area contributed by atoms with Crippen LogP contribution >= 0.6 is 11.6 Å². The van der Waals surface area contributed by atoms with Crippen LogP contribution in [0.2, 0.25) is 5.02 Å². The van der Waals surface area contributed by atoms with Crippen molar-refractivity contribution in [3.8, 4) is 0 Å². The Morgan fingerprint density at radius 3 is 2.44 bits per heavy atom. The van der Waals surface area contributed by atoms with E-state index in [1.807, 2.05) is 0 Å². The second-order valence-electron chi connectivity index (χ2n) is 4.67. The number of carbonyl (C=O) groups excluding carboxylic acids is 1. The summed E-state index contributed by atoms with van der Waals surface area (Å²) in [5, 5.41) is 12.1. The van der Waals surface area contributed by atoms with Crippen LogP contribution < -0.4 is 15.6 Å². The molecule has 0 saturated heterocycles. The van der Waals surface area contributed by atoms with Crippen molar-refractivity contribution >= 4 is 43.6 Å². The number of anilines is 1. The number of hydrogen-bond donors (Lipinski definition) is 3. The zero-order valence-corrected chi connectivity index (χ0v) is 14.7. The van der Waals surface area contributed by atoms with Crippen LogP contribution in [-0.4, -0.2) is 22.8 Å². The van der Waals surface area contributed by atoms with E-state index in [1.165, 1.54) is 6.26 Å². The molecule has 0 aliphatic rings. The highest BCUT2D eigenvalue weighted by molar-refractivity contribution is 7.89. The number of benzene rings is 1. The van der Waals surface area contributed by atoms with Gasteiger partial charge >= 0.3 is 16.3 Å². The highest BCUT2D eigenvalue weighted by Crippen LogP contribution is 2.29. The van der Waals surface area contributed by atoms with Gasteiger partial charge < -0.3 is 13.9 Å². The van der Waals surface area contributed by atoms with E-state index < -0.39 is 36.8 Å². The van der Waals surface area contributed by atoms with Crippen LogP contribution in [0, 0.1) is 0 Å². The van der Waals surface area contributed by atoms with E-state index in [9.17, 15) is 21.6 Å². The third-order valence-electron chi connectivity index (χ3n) is 2.82. The molecule has 0 bridgehead atoms. The number of nitrogens with two attached hydrogens (primary N) is 2. The highest BCUT2D eigenvalue weighted by Gasteiger charge is 2.24. The van der Waals surface area contributed by atoms with Gasteiger partial charge in [-0.3, -0.25) is 0 Å². The molecule has 0 unspecified atom stereocenters. The molecule has 0 aliphatic carbocycles. The van der Waals surface area contributed by atoms with Crippen LogP contribution in [0.4, 0.5) is 5.69 Å². The Hall–Kier alpha value is -2.12. The highest BCUT2D eigenvalue weighted by atomic mass is 35.5. The maximum atomic E-state index is 12.0. The second-order valence-corrected chi connectivity index (χ2v) is 7.76. The lowest BCUT2D eigenvalue weighted by Gasteiger charge is -2.13. The lowest BCUT2D eigenvalue weighted by atomic mass is 10.1. The summed E-state index contributed by atoms with van der Waals surface area (Å²) in [6.07, 6.45) is 1.42. The molecule has 2 rings (SSSR count). The van der Waals surface area contributed by atoms with Crippen LogP contribution in [0.15, 0.2) is 39.8 Å². The van der Waals surface area contributed by atoms with Gasteiger partial charge in [-0.2, -0.15) is 13.6 Å². The van der Waals surface area contributed by atoms with Crippen molar-refractivity contribution in [1.82, 2.24) is 0 Å². The van der Waals surface area contributed by atoms with Gasteiger partial charge in [0, 0.05) is 0 Å². The van der Waals surface area contributed by atoms with Gasteiger partial charge in [-0.05, 0) is 24.3 Å². The molecule has 0 amide bonds. The van der Waals surface area contributed by atoms with Crippen LogP contribution in [-0.2, 0) is 31.1 Å². The largest absolute Gasteiger partial charge is 0.467 e. The summed E-state index contributed by atoms with van der Waals surface area (Å²) in [4.78, 5) is 11.4. The van der Waals surface area contributed by atoms with Gasteiger partial charge in [0.25, 0.3) is 0 Å². The molecule has 2 aromatic rings. The minimum atomic E-state index is -4.61. The van der Waals surface area contributed by atoms with Crippen molar-refractivity contribution in [3.63, 3.8) is 0 Å². The molecule has 0 aliphatic heterocycles. The smallest absolute Gasteiger partial charge is 0.382 e. The van der Waals surface area contributed by atoms with Crippen molar-refractivity contribution in [2.75, 3.05) is 5.32 Å². The minimum absolute atomic E-state index is 0.0116. The van der Waals surface area contributed by atoms with E-state index in [2.05, 4.69) is 14.6 Å². The third-order valence-corrected chi connectivity index (χ3v) is 4.58. The molecule has 10 nitrogen and oxygen atoms in total. The van der Waals surface area contributed by atoms with Gasteiger partial charge in [-0.25, -0.2) is 18.4 Å². The van der Waals surface area contributed by atoms with Crippen LogP contribution in [0.1, 0.15) is 16.1 Å². The summed E-state index contributed by atoms with van der Waals surface area (Å²) in [5.41, 5.74) is -0.462. The maximum absolute atomic E-state index is 12.0. The molecule has 0 fully saturated rings. The summed E-state index contributed by atoms with van der Waals surface area (Å²) in [5.74, 6) is -0.927. The maximum Gasteiger partial charge on any atom is 0.382 e.